The number of halogens is 2. The summed E-state index contributed by atoms with van der Waals surface area (Å²) in [6, 6.07) is 70.5. The quantitative estimate of drug-likeness (QED) is 0.0901. The van der Waals surface area contributed by atoms with Crippen LogP contribution >= 0.6 is 0 Å². The molecule has 8 aromatic carbocycles. The summed E-state index contributed by atoms with van der Waals surface area (Å²) in [6.07, 6.45) is 18.4. The van der Waals surface area contributed by atoms with Crippen LogP contribution < -0.4 is 21.6 Å². The first-order valence-electron chi connectivity index (χ1n) is 38.8. The average Bonchev–Trinajstić information content (AvgIpc) is 0.738. The molecular formula is C96H83F2N13O3. The fraction of sp³-hybridized carbons (Fsp3) is 0.198. The highest BCUT2D eigenvalue weighted by molar-refractivity contribution is 6.23. The van der Waals surface area contributed by atoms with Gasteiger partial charge >= 0.3 is 0 Å². The van der Waals surface area contributed by atoms with Gasteiger partial charge in [0.05, 0.1) is 57.8 Å². The van der Waals surface area contributed by atoms with Crippen molar-refractivity contribution >= 4 is 56.5 Å². The topological polar surface area (TPSA) is 208 Å². The number of rotatable bonds is 12. The van der Waals surface area contributed by atoms with Crippen LogP contribution in [0.25, 0.3) is 16.5 Å². The van der Waals surface area contributed by atoms with Crippen LogP contribution in [0.5, 0.6) is 0 Å². The summed E-state index contributed by atoms with van der Waals surface area (Å²) in [5, 5.41) is 20.8. The number of carbonyl (C=O) groups excluding carboxylic acids is 2. The number of nitrogens with one attached hydrogen (secondary N) is 4. The predicted octanol–water partition coefficient (Wildman–Crippen LogP) is 17.9. The molecule has 0 bridgehead atoms. The number of aromatic amines is 1. The Morgan fingerprint density at radius 2 is 0.947 bits per heavy atom. The van der Waals surface area contributed by atoms with Crippen molar-refractivity contribution in [1.82, 2.24) is 40.5 Å². The normalized spacial score (nSPS) is 19.6. The summed E-state index contributed by atoms with van der Waals surface area (Å²) < 4.78 is 28.7. The zero-order chi connectivity index (χ0) is 78.1. The lowest BCUT2D eigenvalue weighted by molar-refractivity contribution is 0.0991. The molecule has 564 valence electrons. The van der Waals surface area contributed by atoms with E-state index in [1.54, 1.807) is 24.8 Å². The Balaban J connectivity index is 0.000000110. The van der Waals surface area contributed by atoms with E-state index in [1.165, 1.54) is 79.9 Å². The van der Waals surface area contributed by atoms with Gasteiger partial charge in [0.1, 0.15) is 24.7 Å². The van der Waals surface area contributed by atoms with Crippen molar-refractivity contribution in [3.63, 3.8) is 0 Å². The van der Waals surface area contributed by atoms with Gasteiger partial charge in [0, 0.05) is 130 Å². The maximum Gasteiger partial charge on any atom is 0.272 e. The number of hydrogen-bond acceptors (Lipinski definition) is 15. The molecule has 0 saturated heterocycles. The third kappa shape index (κ3) is 14.4. The first-order valence-corrected chi connectivity index (χ1v) is 38.8. The molecule has 0 saturated carbocycles. The van der Waals surface area contributed by atoms with E-state index < -0.39 is 11.6 Å². The highest BCUT2D eigenvalue weighted by Crippen LogP contribution is 2.51. The monoisotopic (exact) mass is 1500 g/mol. The Bertz CT molecular complexity index is 6000. The summed E-state index contributed by atoms with van der Waals surface area (Å²) in [7, 11) is 4.09. The molecule has 10 heterocycles. The lowest BCUT2D eigenvalue weighted by atomic mass is 9.67. The second-order valence-corrected chi connectivity index (χ2v) is 30.4. The molecule has 114 heavy (non-hydrogen) atoms. The van der Waals surface area contributed by atoms with E-state index in [9.17, 15) is 23.2 Å². The van der Waals surface area contributed by atoms with Crippen molar-refractivity contribution < 1.29 is 18.4 Å². The van der Waals surface area contributed by atoms with Gasteiger partial charge in [0.15, 0.2) is 11.6 Å². The number of ketones is 2. The van der Waals surface area contributed by atoms with Gasteiger partial charge in [-0.2, -0.15) is 10.2 Å². The fourth-order valence-corrected chi connectivity index (χ4v) is 18.1. The second-order valence-electron chi connectivity index (χ2n) is 30.4. The number of H-pyrrole nitrogens is 1. The van der Waals surface area contributed by atoms with Gasteiger partial charge in [0.25, 0.3) is 5.56 Å². The van der Waals surface area contributed by atoms with Gasteiger partial charge in [-0.1, -0.05) is 159 Å². The number of aliphatic imine (C=N–C) groups is 2. The lowest BCUT2D eigenvalue weighted by Crippen LogP contribution is -2.36. The van der Waals surface area contributed by atoms with E-state index in [0.29, 0.717) is 28.4 Å². The number of anilines is 2. The fourth-order valence-electron chi connectivity index (χ4n) is 18.1. The number of carbonyl (C=O) groups is 2. The minimum Gasteiger partial charge on any atom is -0.377 e. The van der Waals surface area contributed by atoms with E-state index >= 15 is 0 Å². The largest absolute Gasteiger partial charge is 0.377 e. The van der Waals surface area contributed by atoms with Crippen molar-refractivity contribution in [2.45, 2.75) is 93.7 Å². The van der Waals surface area contributed by atoms with E-state index in [-0.39, 0.29) is 71.9 Å². The van der Waals surface area contributed by atoms with Gasteiger partial charge < -0.3 is 15.5 Å². The maximum absolute atomic E-state index is 14.3. The number of pyridine rings is 4. The SMILES string of the molecule is C=C1NN=C2c3c(cccc31)CC(c1ccncc1)C2c1ccccc1.CCCc1cccc(C2C3=NCC(=O)c4cc(F)cc(c43)NC2c2ccncc2)c1.CN(C)Cc1cccc(C2C3=NCC(=O)c4cc(F)cc(c43)NC2c2ccncc2)c1.Cc1cc2c3c(n[nH]c(=O)c3c1)C(c1ccccc1)C(c1ccncc1)C2. The third-order valence-corrected chi connectivity index (χ3v) is 22.8. The van der Waals surface area contributed by atoms with Crippen LogP contribution in [-0.2, 0) is 25.8 Å². The molecule has 8 unspecified atom stereocenters. The molecular weight excluding hydrogens is 1420 g/mol. The summed E-state index contributed by atoms with van der Waals surface area (Å²) in [6.45, 7) is 9.27. The molecule has 13 aromatic rings. The number of Topliss-reactive ketones (excluding diaryl/α,β-unsaturated/α-hetero) is 2. The lowest BCUT2D eigenvalue weighted by Gasteiger charge is -2.38. The summed E-state index contributed by atoms with van der Waals surface area (Å²) in [5.41, 5.74) is 29.2. The summed E-state index contributed by atoms with van der Waals surface area (Å²) in [5.74, 6) is -0.472. The van der Waals surface area contributed by atoms with Crippen molar-refractivity contribution in [3.8, 4) is 0 Å². The van der Waals surface area contributed by atoms with E-state index in [4.69, 9.17) is 15.1 Å². The molecule has 4 N–H and O–H groups in total. The highest BCUT2D eigenvalue weighted by atomic mass is 19.1. The van der Waals surface area contributed by atoms with Crippen LogP contribution in [0.4, 0.5) is 20.2 Å². The van der Waals surface area contributed by atoms with Gasteiger partial charge in [-0.05, 0) is 186 Å². The highest BCUT2D eigenvalue weighted by Gasteiger charge is 2.44. The number of aromatic nitrogens is 6. The zero-order valence-electron chi connectivity index (χ0n) is 63.6. The molecule has 16 nitrogen and oxygen atoms in total. The Morgan fingerprint density at radius 3 is 1.48 bits per heavy atom. The van der Waals surface area contributed by atoms with E-state index in [0.717, 1.165) is 110 Å². The second kappa shape index (κ2) is 31.9. The van der Waals surface area contributed by atoms with Crippen LogP contribution in [0.3, 0.4) is 0 Å². The summed E-state index contributed by atoms with van der Waals surface area (Å²) in [4.78, 5) is 65.7. The minimum atomic E-state index is -0.421. The summed E-state index contributed by atoms with van der Waals surface area (Å²) >= 11 is 0. The molecule has 5 aliphatic heterocycles. The standard InChI is InChI=1S/C25H23FN4O.C25H22FN3O.C23H19N3O.C23H19N3/c1-30(2)14-15-4-3-5-17(10-15)22-24(16-6-8-27-9-7-16)29-20-12-18(26)11-19-21(31)13-28-25(22)23(19)20;1-2-4-15-5-3-6-17(11-15)22-24(16-7-9-27-10-8-16)29-20-13-18(26)12-19-21(30)14-28-25(22)23(19)20;1-14-11-17-13-18(15-7-9-24-10-8-15)20(16-5-3-2-4-6-16)22-21(17)19(12-14)23(27)26-25-22;1-15-19-9-5-8-18-14-20(16-10-12-24-13-11-16)21(17-6-3-2-4-7-17)23(22(18)19)26-25-15/h3-12,22,24,29H,13-14H2,1-2H3;3,5-13,22,24,29H,2,4,14H2,1H3;2-12,18,20H,13H2,1H3,(H,26,27);2-13,20-21,25H,1,14H2. The molecule has 8 atom stereocenters. The van der Waals surface area contributed by atoms with Crippen molar-refractivity contribution in [3.05, 3.63) is 402 Å². The molecule has 0 fully saturated rings. The Hall–Kier alpha value is -13.2. The molecule has 18 heteroatoms. The van der Waals surface area contributed by atoms with Gasteiger partial charge in [-0.25, -0.2) is 13.9 Å². The van der Waals surface area contributed by atoms with Crippen LogP contribution in [0, 0.1) is 18.6 Å². The van der Waals surface area contributed by atoms with Crippen molar-refractivity contribution in [2.75, 3.05) is 37.8 Å². The Morgan fingerprint density at radius 1 is 0.465 bits per heavy atom. The Kier molecular flexibility index (Phi) is 20.6. The maximum atomic E-state index is 14.3. The number of aryl methyl sites for hydroxylation is 2. The smallest absolute Gasteiger partial charge is 0.272 e. The van der Waals surface area contributed by atoms with Crippen LogP contribution in [0.1, 0.15) is 182 Å². The first kappa shape index (κ1) is 73.6. The number of hydrogen-bond donors (Lipinski definition) is 4. The van der Waals surface area contributed by atoms with Crippen LogP contribution in [-0.4, -0.2) is 90.9 Å². The van der Waals surface area contributed by atoms with Gasteiger partial charge in [-0.3, -0.25) is 49.7 Å². The molecule has 2 aliphatic carbocycles. The zero-order valence-corrected chi connectivity index (χ0v) is 63.6. The van der Waals surface area contributed by atoms with Crippen molar-refractivity contribution in [2.24, 2.45) is 15.1 Å². The minimum absolute atomic E-state index is 0.0438. The van der Waals surface area contributed by atoms with Crippen LogP contribution in [0.15, 0.2) is 288 Å². The Labute approximate surface area is 660 Å². The number of nitrogens with zero attached hydrogens (tertiary/aromatic N) is 9. The van der Waals surface area contributed by atoms with Gasteiger partial charge in [-0.15, -0.1) is 0 Å². The third-order valence-electron chi connectivity index (χ3n) is 22.8. The molecule has 5 aromatic heterocycles. The predicted molar refractivity (Wildman–Crippen MR) is 446 cm³/mol. The number of hydrazone groups is 1. The first-order chi connectivity index (χ1) is 55.7. The molecule has 0 amide bonds. The average molecular weight is 1500 g/mol. The number of benzene rings is 8. The van der Waals surface area contributed by atoms with E-state index in [2.05, 4.69) is 216 Å². The van der Waals surface area contributed by atoms with Crippen LogP contribution in [0.2, 0.25) is 0 Å². The molecule has 20 rings (SSSR count). The van der Waals surface area contributed by atoms with Crippen molar-refractivity contribution in [1.29, 1.82) is 0 Å². The van der Waals surface area contributed by atoms with Gasteiger partial charge in [0.2, 0.25) is 0 Å². The van der Waals surface area contributed by atoms with E-state index in [1.807, 2.05) is 82.2 Å². The molecule has 7 aliphatic rings. The molecule has 0 radical (unpaired) electrons. The molecule has 0 spiro atoms.